The summed E-state index contributed by atoms with van der Waals surface area (Å²) in [5.41, 5.74) is 7.54. The molecule has 0 radical (unpaired) electrons. The van der Waals surface area contributed by atoms with Crippen molar-refractivity contribution in [3.05, 3.63) is 94.9 Å². The van der Waals surface area contributed by atoms with E-state index < -0.39 is 0 Å². The first-order chi connectivity index (χ1) is 17.2. The van der Waals surface area contributed by atoms with Crippen LogP contribution < -0.4 is 4.74 Å². The molecule has 0 amide bonds. The molecule has 180 valence electrons. The van der Waals surface area contributed by atoms with Crippen molar-refractivity contribution >= 4 is 11.5 Å². The van der Waals surface area contributed by atoms with Crippen LogP contribution in [0.5, 0.6) is 5.88 Å². The fraction of sp³-hybridized carbons (Fsp3) is 0.387. The number of hydrogen-bond donors (Lipinski definition) is 0. The van der Waals surface area contributed by atoms with Crippen molar-refractivity contribution in [2.75, 3.05) is 7.11 Å². The Balaban J connectivity index is 1.28. The van der Waals surface area contributed by atoms with Crippen LogP contribution in [0.3, 0.4) is 0 Å². The van der Waals surface area contributed by atoms with Crippen LogP contribution in [-0.2, 0) is 17.6 Å². The van der Waals surface area contributed by atoms with Gasteiger partial charge in [0, 0.05) is 36.7 Å². The maximum Gasteiger partial charge on any atom is 0.216 e. The Morgan fingerprint density at radius 1 is 1.09 bits per heavy atom. The highest BCUT2D eigenvalue weighted by Gasteiger charge is 2.29. The number of aromatic nitrogens is 1. The van der Waals surface area contributed by atoms with E-state index in [1.54, 1.807) is 18.9 Å². The molecule has 1 aromatic carbocycles. The van der Waals surface area contributed by atoms with Gasteiger partial charge >= 0.3 is 0 Å². The average Bonchev–Trinajstić information content (AvgIpc) is 3.12. The van der Waals surface area contributed by atoms with Gasteiger partial charge in [-0.1, -0.05) is 60.6 Å². The van der Waals surface area contributed by atoms with Gasteiger partial charge in [-0.15, -0.1) is 0 Å². The van der Waals surface area contributed by atoms with E-state index in [1.165, 1.54) is 36.1 Å². The van der Waals surface area contributed by atoms with E-state index in [9.17, 15) is 4.79 Å². The van der Waals surface area contributed by atoms with E-state index in [4.69, 9.17) is 9.73 Å². The predicted octanol–water partition coefficient (Wildman–Crippen LogP) is 6.72. The summed E-state index contributed by atoms with van der Waals surface area (Å²) in [4.78, 5) is 22.0. The average molecular weight is 467 g/mol. The summed E-state index contributed by atoms with van der Waals surface area (Å²) < 4.78 is 5.31. The molecule has 1 saturated carbocycles. The van der Waals surface area contributed by atoms with Crippen molar-refractivity contribution in [1.29, 1.82) is 0 Å². The first-order valence-corrected chi connectivity index (χ1v) is 12.9. The quantitative estimate of drug-likeness (QED) is 0.455. The Morgan fingerprint density at radius 3 is 2.91 bits per heavy atom. The molecule has 0 N–H and O–H groups in total. The molecule has 0 bridgehead atoms. The standard InChI is InChI=1S/C31H34N2O2/c1-35-31-27(14-7-17-33-31)21-28(34)19-22-8-4-10-24(18-22)25-11-5-12-26(20-25)30-29-15-3-2-9-23(29)13-6-16-32-30/h3-4,6-8,10,14-18,25-26H,2,5,9,11-13,19-21H2,1H3. The number of ether oxygens (including phenoxy) is 1. The van der Waals surface area contributed by atoms with E-state index in [2.05, 4.69) is 47.5 Å². The van der Waals surface area contributed by atoms with Crippen LogP contribution in [0.4, 0.5) is 0 Å². The minimum Gasteiger partial charge on any atom is -0.481 e. The lowest BCUT2D eigenvalue weighted by atomic mass is 9.73. The van der Waals surface area contributed by atoms with Crippen LogP contribution in [0, 0.1) is 5.92 Å². The Kier molecular flexibility index (Phi) is 7.37. The van der Waals surface area contributed by atoms with Gasteiger partial charge in [-0.2, -0.15) is 0 Å². The number of methoxy groups -OCH3 is 1. The zero-order valence-corrected chi connectivity index (χ0v) is 20.6. The van der Waals surface area contributed by atoms with Gasteiger partial charge in [-0.3, -0.25) is 9.79 Å². The van der Waals surface area contributed by atoms with E-state index in [1.807, 2.05) is 18.3 Å². The summed E-state index contributed by atoms with van der Waals surface area (Å²) in [7, 11) is 1.59. The highest BCUT2D eigenvalue weighted by Crippen LogP contribution is 2.40. The van der Waals surface area contributed by atoms with E-state index in [0.717, 1.165) is 36.8 Å². The molecule has 3 aliphatic rings. The summed E-state index contributed by atoms with van der Waals surface area (Å²) in [5.74, 6) is 1.71. The van der Waals surface area contributed by atoms with Gasteiger partial charge < -0.3 is 4.74 Å². The normalized spacial score (nSPS) is 21.8. The molecule has 4 nitrogen and oxygen atoms in total. The molecular formula is C31H34N2O2. The fourth-order valence-corrected chi connectivity index (χ4v) is 5.86. The van der Waals surface area contributed by atoms with Gasteiger partial charge in [0.15, 0.2) is 0 Å². The highest BCUT2D eigenvalue weighted by molar-refractivity contribution is 6.05. The number of benzene rings is 1. The number of nitrogens with zero attached hydrogens (tertiary/aromatic N) is 2. The maximum absolute atomic E-state index is 12.8. The Bertz CT molecular complexity index is 1200. The van der Waals surface area contributed by atoms with Gasteiger partial charge in [0.2, 0.25) is 5.88 Å². The SMILES string of the molecule is COc1ncccc1CC(=O)Cc1cccc(C2CCCC(C3=NC=CCC4=C3C=CCC4)C2)c1. The van der Waals surface area contributed by atoms with Crippen molar-refractivity contribution in [2.24, 2.45) is 10.9 Å². The number of ketones is 1. The number of allylic oxidation sites excluding steroid dienone is 5. The van der Waals surface area contributed by atoms with Crippen molar-refractivity contribution in [2.45, 2.75) is 63.7 Å². The summed E-state index contributed by atoms with van der Waals surface area (Å²) in [5, 5.41) is 0. The molecule has 0 saturated heterocycles. The summed E-state index contributed by atoms with van der Waals surface area (Å²) in [6, 6.07) is 12.4. The Labute approximate surface area is 208 Å². The van der Waals surface area contributed by atoms with E-state index in [0.29, 0.717) is 30.6 Å². The van der Waals surface area contributed by atoms with Gasteiger partial charge in [-0.25, -0.2) is 4.98 Å². The third-order valence-electron chi connectivity index (χ3n) is 7.55. The number of carbonyl (C=O) groups excluding carboxylic acids is 1. The van der Waals surface area contributed by atoms with E-state index >= 15 is 0 Å². The molecule has 2 unspecified atom stereocenters. The lowest BCUT2D eigenvalue weighted by Crippen LogP contribution is -2.24. The van der Waals surface area contributed by atoms with E-state index in [-0.39, 0.29) is 5.78 Å². The number of carbonyl (C=O) groups is 1. The van der Waals surface area contributed by atoms with Crippen LogP contribution in [0.15, 0.2) is 83.2 Å². The lowest BCUT2D eigenvalue weighted by Gasteiger charge is -2.32. The number of Topliss-reactive ketones (excluding diaryl/α,β-unsaturated/α-hetero) is 1. The third kappa shape index (κ3) is 5.53. The van der Waals surface area contributed by atoms with Gasteiger partial charge in [-0.05, 0) is 67.2 Å². The second-order valence-corrected chi connectivity index (χ2v) is 9.93. The van der Waals surface area contributed by atoms with Gasteiger partial charge in [0.05, 0.1) is 12.8 Å². The molecule has 1 fully saturated rings. The molecule has 0 spiro atoms. The predicted molar refractivity (Wildman–Crippen MR) is 141 cm³/mol. The van der Waals surface area contributed by atoms with Crippen LogP contribution in [0.1, 0.15) is 67.6 Å². The van der Waals surface area contributed by atoms with Crippen molar-refractivity contribution < 1.29 is 9.53 Å². The monoisotopic (exact) mass is 466 g/mol. The first kappa shape index (κ1) is 23.5. The zero-order chi connectivity index (χ0) is 24.0. The molecule has 5 rings (SSSR count). The molecule has 2 atom stereocenters. The molecule has 1 aliphatic heterocycles. The summed E-state index contributed by atoms with van der Waals surface area (Å²) >= 11 is 0. The Hall–Kier alpha value is -3.27. The summed E-state index contributed by atoms with van der Waals surface area (Å²) in [6.45, 7) is 0. The molecule has 4 heteroatoms. The van der Waals surface area contributed by atoms with Gasteiger partial charge in [0.1, 0.15) is 5.78 Å². The minimum atomic E-state index is 0.179. The lowest BCUT2D eigenvalue weighted by molar-refractivity contribution is -0.117. The second-order valence-electron chi connectivity index (χ2n) is 9.93. The summed E-state index contributed by atoms with van der Waals surface area (Å²) in [6.07, 6.45) is 19.4. The largest absolute Gasteiger partial charge is 0.481 e. The van der Waals surface area contributed by atoms with Crippen LogP contribution in [0.25, 0.3) is 0 Å². The molecule has 2 heterocycles. The van der Waals surface area contributed by atoms with Crippen LogP contribution in [-0.4, -0.2) is 23.6 Å². The van der Waals surface area contributed by atoms with Crippen LogP contribution in [0.2, 0.25) is 0 Å². The molecule has 2 aliphatic carbocycles. The second kappa shape index (κ2) is 11.0. The van der Waals surface area contributed by atoms with Crippen LogP contribution >= 0.6 is 0 Å². The van der Waals surface area contributed by atoms with Gasteiger partial charge in [0.25, 0.3) is 0 Å². The topological polar surface area (TPSA) is 51.5 Å². The number of pyridine rings is 1. The first-order valence-electron chi connectivity index (χ1n) is 12.9. The highest BCUT2D eigenvalue weighted by atomic mass is 16.5. The number of hydrogen-bond acceptors (Lipinski definition) is 4. The molecule has 2 aromatic rings. The zero-order valence-electron chi connectivity index (χ0n) is 20.6. The Morgan fingerprint density at radius 2 is 2.00 bits per heavy atom. The van der Waals surface area contributed by atoms with Crippen molar-refractivity contribution in [1.82, 2.24) is 4.98 Å². The van der Waals surface area contributed by atoms with Crippen molar-refractivity contribution in [3.63, 3.8) is 0 Å². The fourth-order valence-electron chi connectivity index (χ4n) is 5.86. The number of aliphatic imine (C=N–C) groups is 1. The molecular weight excluding hydrogens is 432 g/mol. The van der Waals surface area contributed by atoms with Crippen molar-refractivity contribution in [3.8, 4) is 5.88 Å². The smallest absolute Gasteiger partial charge is 0.216 e. The number of rotatable bonds is 7. The maximum atomic E-state index is 12.8. The minimum absolute atomic E-state index is 0.179. The third-order valence-corrected chi connectivity index (χ3v) is 7.55. The molecule has 35 heavy (non-hydrogen) atoms. The molecule has 1 aromatic heterocycles.